The van der Waals surface area contributed by atoms with Crippen molar-refractivity contribution in [1.29, 1.82) is 0 Å². The maximum Gasteiger partial charge on any atom is 0.193 e. The van der Waals surface area contributed by atoms with E-state index < -0.39 is 0 Å². The number of aliphatic imine (C=N–C) groups is 1. The van der Waals surface area contributed by atoms with Crippen molar-refractivity contribution >= 4 is 17.3 Å². The second-order valence-corrected chi connectivity index (χ2v) is 7.22. The molecule has 0 aliphatic carbocycles. The maximum atomic E-state index is 4.61. The summed E-state index contributed by atoms with van der Waals surface area (Å²) in [7, 11) is 1.87. The van der Waals surface area contributed by atoms with Gasteiger partial charge in [0.05, 0.1) is 17.2 Å². The van der Waals surface area contributed by atoms with E-state index >= 15 is 0 Å². The van der Waals surface area contributed by atoms with Gasteiger partial charge in [0.2, 0.25) is 0 Å². The van der Waals surface area contributed by atoms with Crippen LogP contribution in [0, 0.1) is 5.92 Å². The van der Waals surface area contributed by atoms with Gasteiger partial charge in [-0.05, 0) is 30.7 Å². The number of hydrogen-bond acceptors (Lipinski definition) is 3. The first-order valence-electron chi connectivity index (χ1n) is 8.71. The van der Waals surface area contributed by atoms with Crippen LogP contribution in [0.1, 0.15) is 29.6 Å². The first kappa shape index (κ1) is 17.0. The predicted molar refractivity (Wildman–Crippen MR) is 102 cm³/mol. The lowest BCUT2D eigenvalue weighted by molar-refractivity contribution is 0.459. The second kappa shape index (κ2) is 8.29. The van der Waals surface area contributed by atoms with Gasteiger partial charge < -0.3 is 10.2 Å². The number of aryl methyl sites for hydroxylation is 1. The fraction of sp³-hybridized carbons (Fsp3) is 0.474. The normalized spacial score (nSPS) is 18.2. The van der Waals surface area contributed by atoms with Gasteiger partial charge in [-0.2, -0.15) is 0 Å². The van der Waals surface area contributed by atoms with E-state index in [9.17, 15) is 0 Å². The van der Waals surface area contributed by atoms with E-state index in [2.05, 4.69) is 62.8 Å². The van der Waals surface area contributed by atoms with Crippen molar-refractivity contribution < 1.29 is 0 Å². The molecule has 128 valence electrons. The molecule has 1 N–H and O–H groups in total. The summed E-state index contributed by atoms with van der Waals surface area (Å²) in [5, 5.41) is 6.81. The lowest BCUT2D eigenvalue weighted by Crippen LogP contribution is -2.39. The van der Waals surface area contributed by atoms with Crippen molar-refractivity contribution in [2.45, 2.75) is 32.7 Å². The third-order valence-corrected chi connectivity index (χ3v) is 5.54. The molecule has 1 aromatic heterocycles. The highest BCUT2D eigenvalue weighted by Crippen LogP contribution is 2.21. The zero-order valence-electron chi connectivity index (χ0n) is 14.5. The van der Waals surface area contributed by atoms with E-state index in [1.54, 1.807) is 11.3 Å². The predicted octanol–water partition coefficient (Wildman–Crippen LogP) is 3.35. The zero-order valence-corrected chi connectivity index (χ0v) is 15.4. The van der Waals surface area contributed by atoms with E-state index in [1.807, 2.05) is 7.05 Å². The Morgan fingerprint density at radius 2 is 2.21 bits per heavy atom. The maximum absolute atomic E-state index is 4.61. The highest BCUT2D eigenvalue weighted by atomic mass is 32.1. The van der Waals surface area contributed by atoms with E-state index in [0.29, 0.717) is 5.92 Å². The number of nitrogens with one attached hydrogen (secondary N) is 1. The Hall–Kier alpha value is -1.88. The summed E-state index contributed by atoms with van der Waals surface area (Å²) in [6, 6.07) is 10.8. The molecule has 1 atom stereocenters. The average molecular weight is 343 g/mol. The van der Waals surface area contributed by atoms with Crippen LogP contribution in [0.3, 0.4) is 0 Å². The summed E-state index contributed by atoms with van der Waals surface area (Å²) in [5.41, 5.74) is 2.54. The number of hydrogen-bond donors (Lipinski definition) is 1. The molecule has 1 saturated heterocycles. The Balaban J connectivity index is 1.51. The van der Waals surface area contributed by atoms with Crippen LogP contribution in [0.2, 0.25) is 0 Å². The van der Waals surface area contributed by atoms with Crippen molar-refractivity contribution in [3.63, 3.8) is 0 Å². The lowest BCUT2D eigenvalue weighted by atomic mass is 9.99. The Bertz CT molecular complexity index is 665. The minimum absolute atomic E-state index is 0.705. The average Bonchev–Trinajstić information content (AvgIpc) is 3.26. The number of aromatic nitrogens is 1. The number of likely N-dealkylation sites (tertiary alicyclic amines) is 1. The third kappa shape index (κ3) is 4.35. The highest BCUT2D eigenvalue weighted by Gasteiger charge is 2.24. The fourth-order valence-corrected chi connectivity index (χ4v) is 3.98. The molecule has 0 saturated carbocycles. The van der Waals surface area contributed by atoms with Gasteiger partial charge in [0, 0.05) is 25.5 Å². The molecule has 0 amide bonds. The van der Waals surface area contributed by atoms with Gasteiger partial charge in [-0.1, -0.05) is 37.3 Å². The van der Waals surface area contributed by atoms with Gasteiger partial charge in [-0.15, -0.1) is 11.3 Å². The van der Waals surface area contributed by atoms with Gasteiger partial charge in [0.1, 0.15) is 0 Å². The van der Waals surface area contributed by atoms with Crippen molar-refractivity contribution in [3.8, 4) is 0 Å². The van der Waals surface area contributed by atoms with Crippen LogP contribution in [0.5, 0.6) is 0 Å². The standard InChI is InChI=1S/C19H26N4S/c1-3-18-22-17(14-24-18)12-21-19(20-2)23-10-9-16(13-23)11-15-7-5-4-6-8-15/h4-8,14,16H,3,9-13H2,1-2H3,(H,20,21). The molecule has 2 aromatic rings. The Kier molecular flexibility index (Phi) is 5.86. The molecular weight excluding hydrogens is 316 g/mol. The lowest BCUT2D eigenvalue weighted by Gasteiger charge is -2.21. The summed E-state index contributed by atoms with van der Waals surface area (Å²) in [5.74, 6) is 1.70. The molecule has 1 fully saturated rings. The van der Waals surface area contributed by atoms with E-state index in [0.717, 1.165) is 44.1 Å². The van der Waals surface area contributed by atoms with E-state index in [-0.39, 0.29) is 0 Å². The van der Waals surface area contributed by atoms with Crippen LogP contribution in [-0.2, 0) is 19.4 Å². The summed E-state index contributed by atoms with van der Waals surface area (Å²) < 4.78 is 0. The Morgan fingerprint density at radius 3 is 2.92 bits per heavy atom. The van der Waals surface area contributed by atoms with Crippen LogP contribution in [0.15, 0.2) is 40.7 Å². The SMILES string of the molecule is CCc1nc(CNC(=NC)N2CCC(Cc3ccccc3)C2)cs1. The molecule has 0 radical (unpaired) electrons. The number of rotatable bonds is 5. The largest absolute Gasteiger partial charge is 0.351 e. The number of benzene rings is 1. The summed E-state index contributed by atoms with van der Waals surface area (Å²) in [6.45, 7) is 5.05. The molecule has 3 rings (SSSR count). The molecule has 1 aliphatic rings. The third-order valence-electron chi connectivity index (χ3n) is 4.49. The molecule has 2 heterocycles. The molecule has 4 nitrogen and oxygen atoms in total. The number of thiazole rings is 1. The Morgan fingerprint density at radius 1 is 1.38 bits per heavy atom. The van der Waals surface area contributed by atoms with Gasteiger partial charge >= 0.3 is 0 Å². The van der Waals surface area contributed by atoms with Crippen LogP contribution in [-0.4, -0.2) is 36.0 Å². The van der Waals surface area contributed by atoms with Crippen molar-refractivity contribution in [2.75, 3.05) is 20.1 Å². The van der Waals surface area contributed by atoms with E-state index in [1.165, 1.54) is 17.0 Å². The molecule has 1 aliphatic heterocycles. The summed E-state index contributed by atoms with van der Waals surface area (Å²) in [6.07, 6.45) is 3.39. The topological polar surface area (TPSA) is 40.5 Å². The monoisotopic (exact) mass is 342 g/mol. The quantitative estimate of drug-likeness (QED) is 0.669. The first-order chi connectivity index (χ1) is 11.8. The van der Waals surface area contributed by atoms with Crippen molar-refractivity contribution in [2.24, 2.45) is 10.9 Å². The number of guanidine groups is 1. The van der Waals surface area contributed by atoms with Crippen LogP contribution in [0.25, 0.3) is 0 Å². The number of nitrogens with zero attached hydrogens (tertiary/aromatic N) is 3. The highest BCUT2D eigenvalue weighted by molar-refractivity contribution is 7.09. The van der Waals surface area contributed by atoms with Crippen LogP contribution in [0.4, 0.5) is 0 Å². The smallest absolute Gasteiger partial charge is 0.193 e. The fourth-order valence-electron chi connectivity index (χ4n) is 3.23. The second-order valence-electron chi connectivity index (χ2n) is 6.28. The Labute approximate surface area is 148 Å². The first-order valence-corrected chi connectivity index (χ1v) is 9.59. The molecule has 24 heavy (non-hydrogen) atoms. The molecule has 0 spiro atoms. The minimum Gasteiger partial charge on any atom is -0.351 e. The zero-order chi connectivity index (χ0) is 16.8. The van der Waals surface area contributed by atoms with E-state index in [4.69, 9.17) is 0 Å². The molecule has 1 unspecified atom stereocenters. The van der Waals surface area contributed by atoms with Gasteiger partial charge in [-0.25, -0.2) is 4.98 Å². The molecular formula is C19H26N4S. The van der Waals surface area contributed by atoms with Crippen LogP contribution >= 0.6 is 11.3 Å². The summed E-state index contributed by atoms with van der Waals surface area (Å²) in [4.78, 5) is 11.5. The van der Waals surface area contributed by atoms with Gasteiger partial charge in [0.15, 0.2) is 5.96 Å². The summed E-state index contributed by atoms with van der Waals surface area (Å²) >= 11 is 1.74. The van der Waals surface area contributed by atoms with Gasteiger partial charge in [0.25, 0.3) is 0 Å². The molecule has 5 heteroatoms. The van der Waals surface area contributed by atoms with Crippen molar-refractivity contribution in [3.05, 3.63) is 52.0 Å². The van der Waals surface area contributed by atoms with Gasteiger partial charge in [-0.3, -0.25) is 4.99 Å². The van der Waals surface area contributed by atoms with Crippen molar-refractivity contribution in [1.82, 2.24) is 15.2 Å². The minimum atomic E-state index is 0.705. The molecule has 1 aromatic carbocycles. The molecule has 0 bridgehead atoms. The van der Waals surface area contributed by atoms with Crippen LogP contribution < -0.4 is 5.32 Å².